The lowest BCUT2D eigenvalue weighted by molar-refractivity contribution is -0.133. The highest BCUT2D eigenvalue weighted by Crippen LogP contribution is 2.52. The molecule has 1 saturated heterocycles. The van der Waals surface area contributed by atoms with E-state index >= 15 is 0 Å². The van der Waals surface area contributed by atoms with E-state index in [1.807, 2.05) is 35.2 Å². The smallest absolute Gasteiger partial charge is 0.237 e. The molecule has 1 amide bonds. The Bertz CT molecular complexity index is 725. The summed E-state index contributed by atoms with van der Waals surface area (Å²) < 4.78 is 19.4. The molecule has 2 aromatic carbocycles. The molecule has 1 aliphatic heterocycles. The van der Waals surface area contributed by atoms with Gasteiger partial charge in [-0.05, 0) is 42.7 Å². The maximum Gasteiger partial charge on any atom is 0.237 e. The zero-order valence-corrected chi connectivity index (χ0v) is 13.5. The van der Waals surface area contributed by atoms with Gasteiger partial charge in [0.1, 0.15) is 23.1 Å². The first kappa shape index (κ1) is 15.2. The van der Waals surface area contributed by atoms with E-state index < -0.39 is 5.41 Å². The Morgan fingerprint density at radius 2 is 1.71 bits per heavy atom. The van der Waals surface area contributed by atoms with Gasteiger partial charge in [-0.2, -0.15) is 0 Å². The second kappa shape index (κ2) is 5.93. The maximum absolute atomic E-state index is 13.3. The highest BCUT2D eigenvalue weighted by molar-refractivity contribution is 5.93. The highest BCUT2D eigenvalue weighted by atomic mass is 19.1. The van der Waals surface area contributed by atoms with Gasteiger partial charge >= 0.3 is 0 Å². The van der Waals surface area contributed by atoms with Gasteiger partial charge in [0, 0.05) is 19.5 Å². The molecule has 0 aromatic heterocycles. The van der Waals surface area contributed by atoms with Crippen LogP contribution in [0.2, 0.25) is 0 Å². The third-order valence-electron chi connectivity index (χ3n) is 5.05. The second-order valence-electron chi connectivity index (χ2n) is 6.60. The molecule has 4 heteroatoms. The molecule has 2 fully saturated rings. The van der Waals surface area contributed by atoms with Crippen molar-refractivity contribution in [3.05, 3.63) is 66.0 Å². The van der Waals surface area contributed by atoms with Crippen molar-refractivity contribution < 1.29 is 13.9 Å². The predicted octanol–water partition coefficient (Wildman–Crippen LogP) is 3.54. The lowest BCUT2D eigenvalue weighted by Crippen LogP contribution is -2.40. The van der Waals surface area contributed by atoms with Gasteiger partial charge in [-0.1, -0.05) is 30.3 Å². The molecule has 1 aliphatic carbocycles. The van der Waals surface area contributed by atoms with Gasteiger partial charge in [0.15, 0.2) is 0 Å². The lowest BCUT2D eigenvalue weighted by Gasteiger charge is -2.24. The first-order valence-corrected chi connectivity index (χ1v) is 8.47. The number of ether oxygens (including phenoxy) is 1. The maximum atomic E-state index is 13.3. The van der Waals surface area contributed by atoms with Crippen LogP contribution in [0.5, 0.6) is 5.75 Å². The Morgan fingerprint density at radius 3 is 2.38 bits per heavy atom. The summed E-state index contributed by atoms with van der Waals surface area (Å²) in [5.74, 6) is 0.594. The summed E-state index contributed by atoms with van der Waals surface area (Å²) in [5, 5.41) is 0. The van der Waals surface area contributed by atoms with Gasteiger partial charge in [0.25, 0.3) is 0 Å². The van der Waals surface area contributed by atoms with Crippen molar-refractivity contribution >= 4 is 5.91 Å². The van der Waals surface area contributed by atoms with Crippen molar-refractivity contribution in [2.75, 3.05) is 13.1 Å². The van der Waals surface area contributed by atoms with Gasteiger partial charge in [0.05, 0.1) is 0 Å². The third kappa shape index (κ3) is 2.56. The van der Waals surface area contributed by atoms with E-state index in [2.05, 4.69) is 0 Å². The summed E-state index contributed by atoms with van der Waals surface area (Å²) >= 11 is 0. The Balaban J connectivity index is 1.63. The molecular weight excluding hydrogens is 305 g/mol. The van der Waals surface area contributed by atoms with E-state index in [9.17, 15) is 9.18 Å². The van der Waals surface area contributed by atoms with Crippen molar-refractivity contribution in [2.24, 2.45) is 0 Å². The fourth-order valence-electron chi connectivity index (χ4n) is 3.64. The van der Waals surface area contributed by atoms with Crippen LogP contribution in [-0.2, 0) is 10.2 Å². The molecule has 0 unspecified atom stereocenters. The summed E-state index contributed by atoms with van der Waals surface area (Å²) in [5.41, 5.74) is 0.176. The van der Waals surface area contributed by atoms with Crippen LogP contribution in [0.15, 0.2) is 54.6 Å². The first-order chi connectivity index (χ1) is 11.7. The molecule has 3 nitrogen and oxygen atoms in total. The molecular formula is C20H20FNO2. The second-order valence-corrected chi connectivity index (χ2v) is 6.60. The average molecular weight is 325 g/mol. The van der Waals surface area contributed by atoms with E-state index in [1.54, 1.807) is 12.1 Å². The van der Waals surface area contributed by atoms with Crippen molar-refractivity contribution in [3.63, 3.8) is 0 Å². The van der Waals surface area contributed by atoms with Crippen molar-refractivity contribution in [3.8, 4) is 5.75 Å². The summed E-state index contributed by atoms with van der Waals surface area (Å²) in [6.07, 6.45) is 2.55. The average Bonchev–Trinajstić information content (AvgIpc) is 3.07. The van der Waals surface area contributed by atoms with Crippen LogP contribution < -0.4 is 4.74 Å². The molecule has 2 atom stereocenters. The number of hydrogen-bond acceptors (Lipinski definition) is 2. The normalized spacial score (nSPS) is 25.5. The number of hydrogen-bond donors (Lipinski definition) is 0. The van der Waals surface area contributed by atoms with Crippen molar-refractivity contribution in [1.29, 1.82) is 0 Å². The zero-order valence-electron chi connectivity index (χ0n) is 13.5. The Labute approximate surface area is 141 Å². The molecule has 1 heterocycles. The van der Waals surface area contributed by atoms with Gasteiger partial charge < -0.3 is 9.64 Å². The van der Waals surface area contributed by atoms with Crippen LogP contribution in [0, 0.1) is 5.82 Å². The van der Waals surface area contributed by atoms with E-state index in [1.165, 1.54) is 12.1 Å². The number of halogens is 1. The number of para-hydroxylation sites is 1. The quantitative estimate of drug-likeness (QED) is 0.860. The molecule has 2 aromatic rings. The number of carbonyl (C=O) groups is 1. The first-order valence-electron chi connectivity index (χ1n) is 8.47. The van der Waals surface area contributed by atoms with E-state index in [4.69, 9.17) is 4.74 Å². The standard InChI is InChI=1S/C20H20FNO2/c21-16-10-8-15(9-11-16)20(19(23)22-12-4-5-13-22)14-18(20)24-17-6-2-1-3-7-17/h1-3,6-11,18H,4-5,12-14H2/t18-,20-/m0/s1. The van der Waals surface area contributed by atoms with Crippen LogP contribution in [-0.4, -0.2) is 30.0 Å². The number of nitrogens with zero attached hydrogens (tertiary/aromatic N) is 1. The summed E-state index contributed by atoms with van der Waals surface area (Å²) in [6, 6.07) is 15.8. The SMILES string of the molecule is O=C(N1CCCC1)[C@]1(c2ccc(F)cc2)C[C@@H]1Oc1ccccc1. The highest BCUT2D eigenvalue weighted by Gasteiger charge is 2.64. The molecule has 1 saturated carbocycles. The van der Waals surface area contributed by atoms with Gasteiger partial charge in [0.2, 0.25) is 5.91 Å². The zero-order chi connectivity index (χ0) is 16.6. The number of carbonyl (C=O) groups excluding carboxylic acids is 1. The topological polar surface area (TPSA) is 29.5 Å². The monoisotopic (exact) mass is 325 g/mol. The number of amides is 1. The predicted molar refractivity (Wildman–Crippen MR) is 89.4 cm³/mol. The lowest BCUT2D eigenvalue weighted by atomic mass is 9.93. The van der Waals surface area contributed by atoms with Crippen LogP contribution >= 0.6 is 0 Å². The van der Waals surface area contributed by atoms with E-state index in [0.717, 1.165) is 37.2 Å². The van der Waals surface area contributed by atoms with Crippen LogP contribution in [0.1, 0.15) is 24.8 Å². The molecule has 0 spiro atoms. The number of likely N-dealkylation sites (tertiary alicyclic amines) is 1. The third-order valence-corrected chi connectivity index (χ3v) is 5.05. The van der Waals surface area contributed by atoms with Crippen LogP contribution in [0.25, 0.3) is 0 Å². The summed E-state index contributed by atoms with van der Waals surface area (Å²) in [6.45, 7) is 1.61. The van der Waals surface area contributed by atoms with Gasteiger partial charge in [-0.3, -0.25) is 4.79 Å². The Morgan fingerprint density at radius 1 is 1.04 bits per heavy atom. The number of rotatable bonds is 4. The minimum Gasteiger partial charge on any atom is -0.489 e. The molecule has 4 rings (SSSR count). The minimum atomic E-state index is -0.673. The van der Waals surface area contributed by atoms with E-state index in [-0.39, 0.29) is 17.8 Å². The van der Waals surface area contributed by atoms with Crippen LogP contribution in [0.3, 0.4) is 0 Å². The molecule has 0 bridgehead atoms. The summed E-state index contributed by atoms with van der Waals surface area (Å²) in [4.78, 5) is 15.1. The fourth-order valence-corrected chi connectivity index (χ4v) is 3.64. The van der Waals surface area contributed by atoms with E-state index in [0.29, 0.717) is 6.42 Å². The minimum absolute atomic E-state index is 0.118. The van der Waals surface area contributed by atoms with Gasteiger partial charge in [-0.25, -0.2) is 4.39 Å². The molecule has 0 N–H and O–H groups in total. The molecule has 24 heavy (non-hydrogen) atoms. The Hall–Kier alpha value is -2.36. The fraction of sp³-hybridized carbons (Fsp3) is 0.350. The molecule has 0 radical (unpaired) electrons. The van der Waals surface area contributed by atoms with Crippen LogP contribution in [0.4, 0.5) is 4.39 Å². The summed E-state index contributed by atoms with van der Waals surface area (Å²) in [7, 11) is 0. The molecule has 124 valence electrons. The Kier molecular flexibility index (Phi) is 3.75. The number of benzene rings is 2. The van der Waals surface area contributed by atoms with Crippen molar-refractivity contribution in [2.45, 2.75) is 30.8 Å². The molecule has 2 aliphatic rings. The van der Waals surface area contributed by atoms with Crippen molar-refractivity contribution in [1.82, 2.24) is 4.90 Å². The largest absolute Gasteiger partial charge is 0.489 e. The van der Waals surface area contributed by atoms with Gasteiger partial charge in [-0.15, -0.1) is 0 Å².